The highest BCUT2D eigenvalue weighted by Crippen LogP contribution is 2.21. The van der Waals surface area contributed by atoms with Crippen LogP contribution < -0.4 is 5.32 Å². The van der Waals surface area contributed by atoms with Gasteiger partial charge in [-0.1, -0.05) is 19.1 Å². The Morgan fingerprint density at radius 3 is 2.43 bits per heavy atom. The van der Waals surface area contributed by atoms with Crippen molar-refractivity contribution in [3.63, 3.8) is 0 Å². The monoisotopic (exact) mass is 405 g/mol. The number of nitrogens with one attached hydrogen (secondary N) is 1. The number of esters is 2. The van der Waals surface area contributed by atoms with Gasteiger partial charge in [-0.3, -0.25) is 9.59 Å². The van der Waals surface area contributed by atoms with Gasteiger partial charge in [-0.2, -0.15) is 0 Å². The summed E-state index contributed by atoms with van der Waals surface area (Å²) >= 11 is 0.996. The van der Waals surface area contributed by atoms with Crippen LogP contribution in [0.3, 0.4) is 0 Å². The third kappa shape index (κ3) is 7.03. The van der Waals surface area contributed by atoms with Crippen molar-refractivity contribution in [2.45, 2.75) is 18.2 Å². The zero-order chi connectivity index (χ0) is 20.4. The molecule has 0 aliphatic heterocycles. The van der Waals surface area contributed by atoms with Gasteiger partial charge in [0.2, 0.25) is 0 Å². The number of halogens is 1. The summed E-state index contributed by atoms with van der Waals surface area (Å²) in [7, 11) is 0. The molecule has 28 heavy (non-hydrogen) atoms. The molecule has 0 fully saturated rings. The standard InChI is InChI=1S/C20H20FNO5S/c1-2-11-26-20(25)14-7-9-15(10-8-14)22-18(23)12-27-19(24)13-28-17-6-4-3-5-16(17)21/h3-10H,2,11-13H2,1H3,(H,22,23). The summed E-state index contributed by atoms with van der Waals surface area (Å²) in [6.07, 6.45) is 0.734. The molecule has 8 heteroatoms. The first-order chi connectivity index (χ1) is 13.5. The maximum absolute atomic E-state index is 13.5. The molecule has 0 spiro atoms. The molecular weight excluding hydrogens is 385 g/mol. The fourth-order valence-electron chi connectivity index (χ4n) is 2.05. The number of anilines is 1. The van der Waals surface area contributed by atoms with E-state index >= 15 is 0 Å². The smallest absolute Gasteiger partial charge is 0.338 e. The second-order valence-electron chi connectivity index (χ2n) is 5.64. The van der Waals surface area contributed by atoms with Gasteiger partial charge in [0, 0.05) is 10.6 Å². The van der Waals surface area contributed by atoms with E-state index in [4.69, 9.17) is 9.47 Å². The predicted octanol–water partition coefficient (Wildman–Crippen LogP) is 3.67. The Kier molecular flexibility index (Phi) is 8.48. The molecular formula is C20H20FNO5S. The van der Waals surface area contributed by atoms with E-state index in [-0.39, 0.29) is 5.75 Å². The van der Waals surface area contributed by atoms with Crippen LogP contribution in [-0.2, 0) is 19.1 Å². The number of benzene rings is 2. The fraction of sp³-hybridized carbons (Fsp3) is 0.250. The summed E-state index contributed by atoms with van der Waals surface area (Å²) in [5, 5.41) is 2.55. The van der Waals surface area contributed by atoms with Crippen molar-refractivity contribution < 1.29 is 28.2 Å². The quantitative estimate of drug-likeness (QED) is 0.506. The molecule has 1 N–H and O–H groups in total. The molecule has 0 saturated carbocycles. The highest BCUT2D eigenvalue weighted by atomic mass is 32.2. The summed E-state index contributed by atoms with van der Waals surface area (Å²) < 4.78 is 23.4. The first kappa shape index (κ1) is 21.4. The molecule has 1 amide bonds. The van der Waals surface area contributed by atoms with Crippen molar-refractivity contribution in [2.75, 3.05) is 24.3 Å². The van der Waals surface area contributed by atoms with Gasteiger partial charge < -0.3 is 14.8 Å². The zero-order valence-corrected chi connectivity index (χ0v) is 16.1. The molecule has 0 unspecified atom stereocenters. The molecule has 2 aromatic rings. The van der Waals surface area contributed by atoms with Crippen molar-refractivity contribution in [3.05, 3.63) is 59.9 Å². The highest BCUT2D eigenvalue weighted by Gasteiger charge is 2.11. The summed E-state index contributed by atoms with van der Waals surface area (Å²) in [6, 6.07) is 12.3. The van der Waals surface area contributed by atoms with Crippen molar-refractivity contribution in [3.8, 4) is 0 Å². The van der Waals surface area contributed by atoms with Crippen LogP contribution in [0, 0.1) is 5.82 Å². The van der Waals surface area contributed by atoms with E-state index in [0.717, 1.165) is 18.2 Å². The minimum Gasteiger partial charge on any atom is -0.462 e. The Morgan fingerprint density at radius 2 is 1.75 bits per heavy atom. The molecule has 0 aromatic heterocycles. The zero-order valence-electron chi connectivity index (χ0n) is 15.3. The second-order valence-corrected chi connectivity index (χ2v) is 6.66. The summed E-state index contributed by atoms with van der Waals surface area (Å²) in [6.45, 7) is 1.78. The van der Waals surface area contributed by atoms with Gasteiger partial charge in [-0.25, -0.2) is 9.18 Å². The first-order valence-electron chi connectivity index (χ1n) is 8.59. The molecule has 6 nitrogen and oxygen atoms in total. The lowest BCUT2D eigenvalue weighted by Gasteiger charge is -2.08. The van der Waals surface area contributed by atoms with Gasteiger partial charge in [-0.05, 0) is 42.8 Å². The third-order valence-corrected chi connectivity index (χ3v) is 4.41. The Balaban J connectivity index is 1.73. The maximum Gasteiger partial charge on any atom is 0.338 e. The first-order valence-corrected chi connectivity index (χ1v) is 9.58. The molecule has 148 valence electrons. The Hall–Kier alpha value is -2.87. The van der Waals surface area contributed by atoms with E-state index in [1.54, 1.807) is 30.3 Å². The molecule has 2 rings (SSSR count). The van der Waals surface area contributed by atoms with Gasteiger partial charge in [-0.15, -0.1) is 11.8 Å². The van der Waals surface area contributed by atoms with Crippen LogP contribution in [0.2, 0.25) is 0 Å². The molecule has 0 aliphatic rings. The molecule has 0 radical (unpaired) electrons. The van der Waals surface area contributed by atoms with Crippen molar-refractivity contribution >= 4 is 35.3 Å². The van der Waals surface area contributed by atoms with Gasteiger partial charge in [0.1, 0.15) is 5.82 Å². The summed E-state index contributed by atoms with van der Waals surface area (Å²) in [5.74, 6) is -2.10. The van der Waals surface area contributed by atoms with E-state index in [1.807, 2.05) is 6.92 Å². The highest BCUT2D eigenvalue weighted by molar-refractivity contribution is 8.00. The molecule has 0 heterocycles. The lowest BCUT2D eigenvalue weighted by molar-refractivity contribution is -0.144. The van der Waals surface area contributed by atoms with Crippen LogP contribution in [0.5, 0.6) is 0 Å². The number of carbonyl (C=O) groups is 3. The topological polar surface area (TPSA) is 81.7 Å². The van der Waals surface area contributed by atoms with Gasteiger partial charge in [0.15, 0.2) is 6.61 Å². The van der Waals surface area contributed by atoms with Crippen LogP contribution in [-0.4, -0.2) is 36.8 Å². The lowest BCUT2D eigenvalue weighted by Crippen LogP contribution is -2.21. The van der Waals surface area contributed by atoms with Crippen LogP contribution in [0.1, 0.15) is 23.7 Å². The number of amides is 1. The lowest BCUT2D eigenvalue weighted by atomic mass is 10.2. The second kappa shape index (κ2) is 11.1. The van der Waals surface area contributed by atoms with E-state index in [9.17, 15) is 18.8 Å². The van der Waals surface area contributed by atoms with Crippen LogP contribution in [0.4, 0.5) is 10.1 Å². The number of thioether (sulfide) groups is 1. The van der Waals surface area contributed by atoms with Crippen LogP contribution >= 0.6 is 11.8 Å². The molecule has 0 aliphatic carbocycles. The Labute approximate surface area is 166 Å². The van der Waals surface area contributed by atoms with Gasteiger partial charge in [0.05, 0.1) is 17.9 Å². The number of ether oxygens (including phenoxy) is 2. The van der Waals surface area contributed by atoms with E-state index in [0.29, 0.717) is 22.8 Å². The molecule has 0 saturated heterocycles. The maximum atomic E-state index is 13.5. The number of hydrogen-bond donors (Lipinski definition) is 1. The van der Waals surface area contributed by atoms with Crippen LogP contribution in [0.25, 0.3) is 0 Å². The normalized spacial score (nSPS) is 10.2. The Bertz CT molecular complexity index is 826. The van der Waals surface area contributed by atoms with Gasteiger partial charge in [0.25, 0.3) is 5.91 Å². The SMILES string of the molecule is CCCOC(=O)c1ccc(NC(=O)COC(=O)CSc2ccccc2F)cc1. The van der Waals surface area contributed by atoms with E-state index in [2.05, 4.69) is 5.32 Å². The number of carbonyl (C=O) groups excluding carboxylic acids is 3. The predicted molar refractivity (Wildman–Crippen MR) is 104 cm³/mol. The average Bonchev–Trinajstić information content (AvgIpc) is 2.70. The van der Waals surface area contributed by atoms with Crippen molar-refractivity contribution in [1.29, 1.82) is 0 Å². The summed E-state index contributed by atoms with van der Waals surface area (Å²) in [4.78, 5) is 35.6. The minimum absolute atomic E-state index is 0.108. The molecule has 0 bridgehead atoms. The fourth-order valence-corrected chi connectivity index (χ4v) is 2.79. The number of rotatable bonds is 9. The molecule has 2 aromatic carbocycles. The molecule has 0 atom stereocenters. The van der Waals surface area contributed by atoms with Crippen LogP contribution in [0.15, 0.2) is 53.4 Å². The van der Waals surface area contributed by atoms with Gasteiger partial charge >= 0.3 is 11.9 Å². The van der Waals surface area contributed by atoms with Crippen molar-refractivity contribution in [2.24, 2.45) is 0 Å². The van der Waals surface area contributed by atoms with E-state index in [1.165, 1.54) is 18.2 Å². The average molecular weight is 405 g/mol. The number of hydrogen-bond acceptors (Lipinski definition) is 6. The minimum atomic E-state index is -0.627. The van der Waals surface area contributed by atoms with E-state index < -0.39 is 30.3 Å². The summed E-state index contributed by atoms with van der Waals surface area (Å²) in [5.41, 5.74) is 0.830. The van der Waals surface area contributed by atoms with Crippen molar-refractivity contribution in [1.82, 2.24) is 0 Å². The Morgan fingerprint density at radius 1 is 1.04 bits per heavy atom. The third-order valence-electron chi connectivity index (χ3n) is 3.39. The largest absolute Gasteiger partial charge is 0.462 e.